The molecule has 0 radical (unpaired) electrons. The second kappa shape index (κ2) is 6.81. The van der Waals surface area contributed by atoms with Crippen LogP contribution in [0.3, 0.4) is 0 Å². The first-order valence-corrected chi connectivity index (χ1v) is 12.7. The highest BCUT2D eigenvalue weighted by Crippen LogP contribution is 2.68. The van der Waals surface area contributed by atoms with Crippen LogP contribution in [0.15, 0.2) is 24.3 Å². The first-order valence-electron chi connectivity index (χ1n) is 8.16. The van der Waals surface area contributed by atoms with Gasteiger partial charge in [0.2, 0.25) is 0 Å². The third kappa shape index (κ3) is 4.23. The number of alkyl halides is 2. The maximum atomic E-state index is 6.34. The molecule has 2 atom stereocenters. The highest BCUT2D eigenvalue weighted by atomic mass is 79.9. The standard InChI is InChI=1S/C18H28Br2O2Si/c1-17(2,3)23(5,6)22-12-11-15-16(18(15,19)20)13-7-9-14(21-4)10-8-13/h7-10,15-16H,11-12H2,1-6H3. The Hall–Kier alpha value is 0.157. The summed E-state index contributed by atoms with van der Waals surface area (Å²) in [6.07, 6.45) is 1.07. The minimum Gasteiger partial charge on any atom is -0.497 e. The summed E-state index contributed by atoms with van der Waals surface area (Å²) < 4.78 is 11.6. The van der Waals surface area contributed by atoms with Crippen molar-refractivity contribution in [2.45, 2.75) is 54.5 Å². The van der Waals surface area contributed by atoms with Gasteiger partial charge < -0.3 is 9.16 Å². The Labute approximate surface area is 158 Å². The number of ether oxygens (including phenoxy) is 1. The van der Waals surface area contributed by atoms with Gasteiger partial charge >= 0.3 is 0 Å². The van der Waals surface area contributed by atoms with E-state index in [9.17, 15) is 0 Å². The number of rotatable bonds is 6. The zero-order chi connectivity index (χ0) is 17.5. The van der Waals surface area contributed by atoms with Gasteiger partial charge in [0.05, 0.1) is 10.3 Å². The lowest BCUT2D eigenvalue weighted by atomic mass is 10.1. The van der Waals surface area contributed by atoms with E-state index in [-0.39, 0.29) is 8.27 Å². The fraction of sp³-hybridized carbons (Fsp3) is 0.667. The largest absolute Gasteiger partial charge is 0.497 e. The van der Waals surface area contributed by atoms with Crippen molar-refractivity contribution in [3.63, 3.8) is 0 Å². The summed E-state index contributed by atoms with van der Waals surface area (Å²) in [4.78, 5) is 0. The number of methoxy groups -OCH3 is 1. The Kier molecular flexibility index (Phi) is 5.77. The molecule has 5 heteroatoms. The minimum atomic E-state index is -1.65. The fourth-order valence-corrected chi connectivity index (χ4v) is 5.62. The molecule has 130 valence electrons. The summed E-state index contributed by atoms with van der Waals surface area (Å²) in [5.41, 5.74) is 1.34. The summed E-state index contributed by atoms with van der Waals surface area (Å²) in [5, 5.41) is 0.270. The van der Waals surface area contributed by atoms with E-state index in [2.05, 4.69) is 77.9 Å². The molecule has 1 aliphatic rings. The lowest BCUT2D eigenvalue weighted by molar-refractivity contribution is 0.274. The molecular formula is C18H28Br2O2Si. The molecule has 1 aliphatic carbocycles. The summed E-state index contributed by atoms with van der Waals surface area (Å²) in [7, 11) is 0.0497. The fourth-order valence-electron chi connectivity index (χ4n) is 2.67. The van der Waals surface area contributed by atoms with Crippen LogP contribution < -0.4 is 4.74 Å². The van der Waals surface area contributed by atoms with Crippen LogP contribution in [0.4, 0.5) is 0 Å². The zero-order valence-electron chi connectivity index (χ0n) is 15.0. The van der Waals surface area contributed by atoms with Crippen LogP contribution in [0.2, 0.25) is 18.1 Å². The molecule has 1 aromatic rings. The van der Waals surface area contributed by atoms with Gasteiger partial charge in [0.25, 0.3) is 0 Å². The van der Waals surface area contributed by atoms with Crippen molar-refractivity contribution in [2.75, 3.05) is 13.7 Å². The molecular weight excluding hydrogens is 436 g/mol. The van der Waals surface area contributed by atoms with E-state index in [0.717, 1.165) is 18.8 Å². The van der Waals surface area contributed by atoms with Crippen molar-refractivity contribution in [3.05, 3.63) is 29.8 Å². The molecule has 0 spiro atoms. The van der Waals surface area contributed by atoms with Gasteiger partial charge in [-0.05, 0) is 48.2 Å². The number of halogens is 2. The lowest BCUT2D eigenvalue weighted by Crippen LogP contribution is -2.41. The molecule has 0 heterocycles. The Bertz CT molecular complexity index is 535. The molecule has 0 bridgehead atoms. The molecule has 0 aromatic heterocycles. The second-order valence-electron chi connectivity index (χ2n) is 7.93. The number of hydrogen-bond donors (Lipinski definition) is 0. The SMILES string of the molecule is COc1ccc(C2C(CCO[Si](C)(C)C(C)(C)C)C2(Br)Br)cc1. The van der Waals surface area contributed by atoms with Crippen LogP contribution >= 0.6 is 31.9 Å². The molecule has 0 saturated heterocycles. The van der Waals surface area contributed by atoms with Crippen LogP contribution in [0.25, 0.3) is 0 Å². The van der Waals surface area contributed by atoms with Crippen molar-refractivity contribution in [2.24, 2.45) is 5.92 Å². The zero-order valence-corrected chi connectivity index (χ0v) is 19.1. The molecule has 1 fully saturated rings. The predicted molar refractivity (Wildman–Crippen MR) is 108 cm³/mol. The summed E-state index contributed by atoms with van der Waals surface area (Å²) in [6.45, 7) is 12.3. The Morgan fingerprint density at radius 2 is 1.70 bits per heavy atom. The summed E-state index contributed by atoms with van der Waals surface area (Å²) in [5.74, 6) is 1.94. The van der Waals surface area contributed by atoms with E-state index >= 15 is 0 Å². The predicted octanol–water partition coefficient (Wildman–Crippen LogP) is 6.31. The quantitative estimate of drug-likeness (QED) is 0.363. The van der Waals surface area contributed by atoms with Crippen molar-refractivity contribution in [1.82, 2.24) is 0 Å². The third-order valence-electron chi connectivity index (χ3n) is 5.38. The first kappa shape index (κ1) is 19.5. The van der Waals surface area contributed by atoms with Gasteiger partial charge in [-0.15, -0.1) is 0 Å². The van der Waals surface area contributed by atoms with E-state index in [1.165, 1.54) is 5.56 Å². The molecule has 2 nitrogen and oxygen atoms in total. The van der Waals surface area contributed by atoms with Crippen molar-refractivity contribution in [3.8, 4) is 5.75 Å². The first-order chi connectivity index (χ1) is 10.5. The third-order valence-corrected chi connectivity index (χ3v) is 12.1. The molecule has 0 amide bonds. The van der Waals surface area contributed by atoms with Gasteiger partial charge in [0.1, 0.15) is 5.75 Å². The van der Waals surface area contributed by atoms with Crippen molar-refractivity contribution >= 4 is 40.2 Å². The molecule has 1 saturated carbocycles. The average molecular weight is 464 g/mol. The molecule has 23 heavy (non-hydrogen) atoms. The molecule has 2 unspecified atom stereocenters. The average Bonchev–Trinajstić information content (AvgIpc) is 2.99. The van der Waals surface area contributed by atoms with Crippen molar-refractivity contribution < 1.29 is 9.16 Å². The van der Waals surface area contributed by atoms with Crippen LogP contribution in [0.5, 0.6) is 5.75 Å². The normalized spacial score (nSPS) is 23.7. The minimum absolute atomic E-state index is 0.00534. The van der Waals surface area contributed by atoms with Gasteiger partial charge in [-0.1, -0.05) is 64.8 Å². The summed E-state index contributed by atoms with van der Waals surface area (Å²) >= 11 is 7.71. The van der Waals surface area contributed by atoms with E-state index in [4.69, 9.17) is 9.16 Å². The van der Waals surface area contributed by atoms with Crippen LogP contribution in [-0.4, -0.2) is 25.3 Å². The smallest absolute Gasteiger partial charge is 0.191 e. The van der Waals surface area contributed by atoms with E-state index < -0.39 is 8.32 Å². The van der Waals surface area contributed by atoms with Gasteiger partial charge in [0.15, 0.2) is 8.32 Å². The van der Waals surface area contributed by atoms with E-state index in [1.54, 1.807) is 7.11 Å². The number of hydrogen-bond acceptors (Lipinski definition) is 2. The number of benzene rings is 1. The van der Waals surface area contributed by atoms with Crippen molar-refractivity contribution in [1.29, 1.82) is 0 Å². The van der Waals surface area contributed by atoms with Gasteiger partial charge in [-0.25, -0.2) is 0 Å². The Morgan fingerprint density at radius 1 is 1.13 bits per heavy atom. The van der Waals surface area contributed by atoms with Crippen LogP contribution in [0.1, 0.15) is 38.7 Å². The summed E-state index contributed by atoms with van der Waals surface area (Å²) in [6, 6.07) is 8.39. The molecule has 0 N–H and O–H groups in total. The maximum absolute atomic E-state index is 6.34. The lowest BCUT2D eigenvalue weighted by Gasteiger charge is -2.36. The highest BCUT2D eigenvalue weighted by Gasteiger charge is 2.61. The van der Waals surface area contributed by atoms with Crippen LogP contribution in [0, 0.1) is 5.92 Å². The topological polar surface area (TPSA) is 18.5 Å². The molecule has 2 rings (SSSR count). The van der Waals surface area contributed by atoms with E-state index in [1.807, 2.05) is 12.1 Å². The maximum Gasteiger partial charge on any atom is 0.191 e. The van der Waals surface area contributed by atoms with Gasteiger partial charge in [-0.2, -0.15) is 0 Å². The molecule has 0 aliphatic heterocycles. The van der Waals surface area contributed by atoms with Gasteiger partial charge in [0, 0.05) is 12.5 Å². The monoisotopic (exact) mass is 462 g/mol. The van der Waals surface area contributed by atoms with E-state index in [0.29, 0.717) is 11.8 Å². The van der Waals surface area contributed by atoms with Gasteiger partial charge in [-0.3, -0.25) is 0 Å². The Balaban J connectivity index is 1.94. The molecule has 1 aromatic carbocycles. The van der Waals surface area contributed by atoms with Crippen LogP contribution in [-0.2, 0) is 4.43 Å². The second-order valence-corrected chi connectivity index (χ2v) is 16.4. The highest BCUT2D eigenvalue weighted by molar-refractivity contribution is 9.25. The Morgan fingerprint density at radius 3 is 2.17 bits per heavy atom.